The molecular weight excluding hydrogens is 135 g/mol. The van der Waals surface area contributed by atoms with Gasteiger partial charge in [0.25, 0.3) is 0 Å². The summed E-state index contributed by atoms with van der Waals surface area (Å²) < 4.78 is 12.4. The Morgan fingerprint density at radius 3 is 2.80 bits per heavy atom. The number of hydrogen-bond acceptors (Lipinski definition) is 1. The lowest BCUT2D eigenvalue weighted by Crippen LogP contribution is -1.99. The Hall–Kier alpha value is -1.38. The third kappa shape index (κ3) is 1.13. The summed E-state index contributed by atoms with van der Waals surface area (Å²) in [5.41, 5.74) is -0.345. The first-order valence-electron chi connectivity index (χ1n) is 2.61. The smallest absolute Gasteiger partial charge is 0.338 e. The third-order valence-electron chi connectivity index (χ3n) is 1.04. The van der Waals surface area contributed by atoms with Gasteiger partial charge in [0.05, 0.1) is 5.56 Å². The van der Waals surface area contributed by atoms with Crippen LogP contribution in [0.5, 0.6) is 0 Å². The first-order chi connectivity index (χ1) is 4.72. The minimum Gasteiger partial charge on any atom is -0.478 e. The maximum absolute atomic E-state index is 12.4. The molecule has 1 N–H and O–H groups in total. The molecule has 10 heavy (non-hydrogen) atoms. The Balaban J connectivity index is 3.15. The van der Waals surface area contributed by atoms with Crippen LogP contribution in [0.3, 0.4) is 0 Å². The zero-order chi connectivity index (χ0) is 7.56. The summed E-state index contributed by atoms with van der Waals surface area (Å²) in [6.45, 7) is 0. The van der Waals surface area contributed by atoms with E-state index >= 15 is 0 Å². The molecule has 51 valence electrons. The van der Waals surface area contributed by atoms with E-state index < -0.39 is 11.8 Å². The van der Waals surface area contributed by atoms with E-state index in [0.29, 0.717) is 0 Å². The van der Waals surface area contributed by atoms with Crippen LogP contribution in [0.4, 0.5) is 4.39 Å². The molecule has 1 aromatic carbocycles. The predicted octanol–water partition coefficient (Wildman–Crippen LogP) is 1.32. The molecule has 1 aromatic rings. The van der Waals surface area contributed by atoms with Gasteiger partial charge in [0.1, 0.15) is 5.82 Å². The highest BCUT2D eigenvalue weighted by atomic mass is 19.1. The Kier molecular flexibility index (Phi) is 1.67. The molecule has 3 heteroatoms. The molecule has 0 aliphatic carbocycles. The number of carbonyl (C=O) groups is 1. The van der Waals surface area contributed by atoms with Gasteiger partial charge in [0.2, 0.25) is 0 Å². The van der Waals surface area contributed by atoms with Gasteiger partial charge in [-0.15, -0.1) is 0 Å². The molecule has 0 saturated carbocycles. The number of halogens is 1. The molecule has 0 heterocycles. The molecule has 1 radical (unpaired) electrons. The Bertz CT molecular complexity index is 258. The molecule has 0 aromatic heterocycles. The van der Waals surface area contributed by atoms with E-state index in [0.717, 1.165) is 0 Å². The van der Waals surface area contributed by atoms with E-state index in [1.807, 2.05) is 0 Å². The Morgan fingerprint density at radius 2 is 2.40 bits per heavy atom. The number of carboxylic acid groups (broad SMARTS) is 1. The van der Waals surface area contributed by atoms with Gasteiger partial charge in [-0.25, -0.2) is 9.18 Å². The van der Waals surface area contributed by atoms with Crippen LogP contribution < -0.4 is 0 Å². The summed E-state index contributed by atoms with van der Waals surface area (Å²) in [5.74, 6) is -2.09. The second kappa shape index (κ2) is 2.47. The minimum atomic E-state index is -1.27. The van der Waals surface area contributed by atoms with Crippen LogP contribution >= 0.6 is 0 Å². The molecule has 2 nitrogen and oxygen atoms in total. The molecule has 0 aliphatic rings. The molecule has 0 aliphatic heterocycles. The SMILES string of the molecule is O=C(O)c1ccc[c]c1F. The number of hydrogen-bond donors (Lipinski definition) is 1. The van der Waals surface area contributed by atoms with Crippen LogP contribution in [0, 0.1) is 11.9 Å². The summed E-state index contributed by atoms with van der Waals surface area (Å²) in [6.07, 6.45) is 0. The van der Waals surface area contributed by atoms with Crippen molar-refractivity contribution < 1.29 is 14.3 Å². The highest BCUT2D eigenvalue weighted by molar-refractivity contribution is 5.87. The summed E-state index contributed by atoms with van der Waals surface area (Å²) in [7, 11) is 0. The van der Waals surface area contributed by atoms with Crippen LogP contribution in [0.15, 0.2) is 18.2 Å². The average molecular weight is 139 g/mol. The van der Waals surface area contributed by atoms with E-state index in [9.17, 15) is 9.18 Å². The second-order valence-electron chi connectivity index (χ2n) is 1.70. The Morgan fingerprint density at radius 1 is 1.70 bits per heavy atom. The molecule has 0 amide bonds. The lowest BCUT2D eigenvalue weighted by Gasteiger charge is -1.92. The van der Waals surface area contributed by atoms with Gasteiger partial charge in [-0.1, -0.05) is 12.1 Å². The zero-order valence-corrected chi connectivity index (χ0v) is 4.97. The van der Waals surface area contributed by atoms with Crippen molar-refractivity contribution >= 4 is 5.97 Å². The molecule has 0 spiro atoms. The van der Waals surface area contributed by atoms with Gasteiger partial charge >= 0.3 is 5.97 Å². The van der Waals surface area contributed by atoms with Crippen LogP contribution in [0.2, 0.25) is 0 Å². The van der Waals surface area contributed by atoms with Crippen molar-refractivity contribution in [2.45, 2.75) is 0 Å². The largest absolute Gasteiger partial charge is 0.478 e. The second-order valence-corrected chi connectivity index (χ2v) is 1.70. The standard InChI is InChI=1S/C7H4FO2/c8-6-4-2-1-3-5(6)7(9)10/h1-3H,(H,9,10). The highest BCUT2D eigenvalue weighted by Gasteiger charge is 2.06. The molecular formula is C7H4FO2. The molecule has 0 unspecified atom stereocenters. The molecule has 1 rings (SSSR count). The van der Waals surface area contributed by atoms with Crippen molar-refractivity contribution in [3.05, 3.63) is 35.6 Å². The summed E-state index contributed by atoms with van der Waals surface area (Å²) in [4.78, 5) is 10.2. The van der Waals surface area contributed by atoms with E-state index in [1.54, 1.807) is 0 Å². The number of carboxylic acids is 1. The fraction of sp³-hybridized carbons (Fsp3) is 0. The van der Waals surface area contributed by atoms with Crippen molar-refractivity contribution in [3.8, 4) is 0 Å². The summed E-state index contributed by atoms with van der Waals surface area (Å²) >= 11 is 0. The van der Waals surface area contributed by atoms with E-state index in [2.05, 4.69) is 6.07 Å². The van der Waals surface area contributed by atoms with Crippen molar-refractivity contribution in [3.63, 3.8) is 0 Å². The van der Waals surface area contributed by atoms with Gasteiger partial charge < -0.3 is 5.11 Å². The maximum atomic E-state index is 12.4. The van der Waals surface area contributed by atoms with Gasteiger partial charge in [-0.3, -0.25) is 0 Å². The van der Waals surface area contributed by atoms with Crippen molar-refractivity contribution in [2.24, 2.45) is 0 Å². The summed E-state index contributed by atoms with van der Waals surface area (Å²) in [6, 6.07) is 6.07. The van der Waals surface area contributed by atoms with E-state index in [-0.39, 0.29) is 5.56 Å². The van der Waals surface area contributed by atoms with Gasteiger partial charge in [-0.2, -0.15) is 0 Å². The van der Waals surface area contributed by atoms with Crippen LogP contribution in [-0.4, -0.2) is 11.1 Å². The van der Waals surface area contributed by atoms with Crippen LogP contribution in [-0.2, 0) is 0 Å². The zero-order valence-electron chi connectivity index (χ0n) is 4.97. The predicted molar refractivity (Wildman–Crippen MR) is 32.2 cm³/mol. The van der Waals surface area contributed by atoms with Gasteiger partial charge in [0.15, 0.2) is 0 Å². The fourth-order valence-corrected chi connectivity index (χ4v) is 0.582. The maximum Gasteiger partial charge on any atom is 0.338 e. The van der Waals surface area contributed by atoms with Crippen molar-refractivity contribution in [2.75, 3.05) is 0 Å². The lowest BCUT2D eigenvalue weighted by atomic mass is 10.2. The molecule has 0 saturated heterocycles. The normalized spacial score (nSPS) is 9.30. The number of aromatic carboxylic acids is 1. The molecule has 0 atom stereocenters. The first-order valence-corrected chi connectivity index (χ1v) is 2.61. The van der Waals surface area contributed by atoms with Crippen molar-refractivity contribution in [1.29, 1.82) is 0 Å². The molecule has 0 fully saturated rings. The quantitative estimate of drug-likeness (QED) is 0.637. The van der Waals surface area contributed by atoms with Crippen LogP contribution in [0.25, 0.3) is 0 Å². The highest BCUT2D eigenvalue weighted by Crippen LogP contribution is 2.04. The van der Waals surface area contributed by atoms with Crippen molar-refractivity contribution in [1.82, 2.24) is 0 Å². The van der Waals surface area contributed by atoms with Gasteiger partial charge in [0, 0.05) is 6.07 Å². The molecule has 0 bridgehead atoms. The third-order valence-corrected chi connectivity index (χ3v) is 1.04. The minimum absolute atomic E-state index is 0.345. The average Bonchev–Trinajstić information content (AvgIpc) is 1.88. The number of benzene rings is 1. The van der Waals surface area contributed by atoms with Gasteiger partial charge in [-0.05, 0) is 6.07 Å². The topological polar surface area (TPSA) is 37.3 Å². The fourth-order valence-electron chi connectivity index (χ4n) is 0.582. The van der Waals surface area contributed by atoms with E-state index in [1.165, 1.54) is 18.2 Å². The first kappa shape index (κ1) is 6.74. The van der Waals surface area contributed by atoms with Crippen LogP contribution in [0.1, 0.15) is 10.4 Å². The van der Waals surface area contributed by atoms with E-state index in [4.69, 9.17) is 5.11 Å². The Labute approximate surface area is 56.9 Å². The monoisotopic (exact) mass is 139 g/mol. The summed E-state index contributed by atoms with van der Waals surface area (Å²) in [5, 5.41) is 8.31. The lowest BCUT2D eigenvalue weighted by molar-refractivity contribution is 0.0692. The number of rotatable bonds is 1.